The summed E-state index contributed by atoms with van der Waals surface area (Å²) < 4.78 is 64.4. The fourth-order valence-electron chi connectivity index (χ4n) is 15.6. The number of ether oxygens (including phenoxy) is 6. The molecule has 0 bridgehead atoms. The molecule has 0 aromatic carbocycles. The van der Waals surface area contributed by atoms with Crippen LogP contribution in [0.5, 0.6) is 0 Å². The number of hydrogen-bond donors (Lipinski definition) is 4. The molecular weight excluding hydrogens is 939 g/mol. The SMILES string of the molecule is C=C1C=C[C@@]2(C)C(=C1)CC[C@H]1[C@@H]3C[C@@H](C)[C@](O)(C(=O)COC(=O)OCCOCCOCC)[C@@]3(C)C[C@H](O)[C@@]12F.CCOC(=O)OCC(=O)[C@@]1(O)[C@H](C)C[C@H]2[C@@H]3CCC4=CC(=O)C=C[C@]4(C)[C@@]3(F)[C@@H](O)C[C@@]21C. The smallest absolute Gasteiger partial charge is 0.435 e. The highest BCUT2D eigenvalue weighted by Crippen LogP contribution is 2.72. The summed E-state index contributed by atoms with van der Waals surface area (Å²) in [6.07, 6.45) is 7.76. The summed E-state index contributed by atoms with van der Waals surface area (Å²) in [7, 11) is 0. The third kappa shape index (κ3) is 8.38. The molecule has 4 N–H and O–H groups in total. The van der Waals surface area contributed by atoms with Crippen LogP contribution in [0.15, 0.2) is 59.8 Å². The van der Waals surface area contributed by atoms with Gasteiger partial charge in [0.25, 0.3) is 0 Å². The Balaban J connectivity index is 0.000000214. The number of Topliss-reactive ketones (excluding diaryl/α,β-unsaturated/α-hetero) is 2. The number of aliphatic hydroxyl groups is 4. The summed E-state index contributed by atoms with van der Waals surface area (Å²) in [5.41, 5.74) is -9.68. The number of carbonyl (C=O) groups excluding carboxylic acids is 5. The molecule has 8 aliphatic carbocycles. The first-order valence-electron chi connectivity index (χ1n) is 25.8. The van der Waals surface area contributed by atoms with Gasteiger partial charge in [-0.1, -0.05) is 69.7 Å². The number of fused-ring (bicyclic) bond motifs is 10. The lowest BCUT2D eigenvalue weighted by atomic mass is 9.44. The highest BCUT2D eigenvalue weighted by atomic mass is 19.1. The van der Waals surface area contributed by atoms with Crippen molar-refractivity contribution in [1.82, 2.24) is 0 Å². The third-order valence-electron chi connectivity index (χ3n) is 19.3. The van der Waals surface area contributed by atoms with E-state index in [1.807, 2.05) is 26.0 Å². The predicted molar refractivity (Wildman–Crippen MR) is 257 cm³/mol. The summed E-state index contributed by atoms with van der Waals surface area (Å²) in [6.45, 7) is 18.3. The van der Waals surface area contributed by atoms with Gasteiger partial charge in [0.05, 0.1) is 38.6 Å². The molecule has 0 unspecified atom stereocenters. The molecule has 0 heterocycles. The number of aliphatic hydroxyl groups excluding tert-OH is 2. The quantitative estimate of drug-likeness (QED) is 0.100. The Bertz CT molecular complexity index is 2290. The minimum absolute atomic E-state index is 0.0525. The molecule has 0 aromatic heterocycles. The van der Waals surface area contributed by atoms with E-state index in [-0.39, 0.29) is 50.3 Å². The van der Waals surface area contributed by atoms with Crippen molar-refractivity contribution < 1.29 is 81.6 Å². The van der Waals surface area contributed by atoms with Crippen LogP contribution in [0.2, 0.25) is 0 Å². The van der Waals surface area contributed by atoms with Crippen LogP contribution in [0.1, 0.15) is 107 Å². The molecule has 8 aliphatic rings. The van der Waals surface area contributed by atoms with Crippen LogP contribution in [0.4, 0.5) is 18.4 Å². The fourth-order valence-corrected chi connectivity index (χ4v) is 15.6. The molecule has 0 radical (unpaired) electrons. The average molecular weight is 1020 g/mol. The molecule has 0 amide bonds. The van der Waals surface area contributed by atoms with Crippen molar-refractivity contribution in [3.8, 4) is 0 Å². The molecule has 0 saturated heterocycles. The second-order valence-corrected chi connectivity index (χ2v) is 22.5. The van der Waals surface area contributed by atoms with E-state index in [2.05, 4.69) is 6.58 Å². The Hall–Kier alpha value is -4.13. The summed E-state index contributed by atoms with van der Waals surface area (Å²) in [5.74, 6) is -4.43. The van der Waals surface area contributed by atoms with Gasteiger partial charge in [-0.15, -0.1) is 0 Å². The van der Waals surface area contributed by atoms with Gasteiger partial charge < -0.3 is 48.8 Å². The van der Waals surface area contributed by atoms with E-state index in [1.54, 1.807) is 53.7 Å². The van der Waals surface area contributed by atoms with E-state index >= 15 is 8.78 Å². The van der Waals surface area contributed by atoms with Crippen LogP contribution in [0, 0.1) is 57.2 Å². The average Bonchev–Trinajstić information content (AvgIpc) is 3.66. The lowest BCUT2D eigenvalue weighted by Gasteiger charge is -2.62. The Morgan fingerprint density at radius 2 is 1.08 bits per heavy atom. The van der Waals surface area contributed by atoms with Crippen LogP contribution in [-0.4, -0.2) is 138 Å². The Kier molecular flexibility index (Phi) is 15.6. The molecular formula is C55H76F2O15. The zero-order chi connectivity index (χ0) is 53.0. The molecule has 0 aliphatic heterocycles. The first-order chi connectivity index (χ1) is 33.7. The first kappa shape index (κ1) is 55.6. The van der Waals surface area contributed by atoms with Crippen LogP contribution in [-0.2, 0) is 42.8 Å². The van der Waals surface area contributed by atoms with Crippen LogP contribution < -0.4 is 0 Å². The number of alkyl halides is 2. The molecule has 0 aromatic rings. The lowest BCUT2D eigenvalue weighted by Crippen LogP contribution is -2.69. The molecule has 72 heavy (non-hydrogen) atoms. The maximum atomic E-state index is 17.3. The second-order valence-electron chi connectivity index (χ2n) is 22.5. The summed E-state index contributed by atoms with van der Waals surface area (Å²) in [6, 6.07) is 0. The van der Waals surface area contributed by atoms with Gasteiger partial charge >= 0.3 is 12.3 Å². The van der Waals surface area contributed by atoms with Crippen molar-refractivity contribution in [3.05, 3.63) is 59.8 Å². The van der Waals surface area contributed by atoms with Gasteiger partial charge in [0, 0.05) is 40.1 Å². The number of rotatable bonds is 14. The monoisotopic (exact) mass is 1010 g/mol. The standard InChI is InChI=1S/C30H43FO8.C25H33FO7/c1-6-36-11-12-37-13-14-38-26(34)39-18-25(33)30(35)20(3)16-23-22-8-7-21-15-19(2)9-10-27(21,4)29(22,31)24(32)17-28(23,30)5;1-5-32-21(30)33-13-20(29)25(31)14(2)10-18-17-7-6-15-11-16(27)8-9-22(15,3)24(17,26)19(28)12-23(18,25)4/h9-10,15,20,22-24,32,35H,2,6-8,11-14,16-18H2,1,3-5H3;8-9,11,14,17-19,28,31H,5-7,10,12-13H2,1-4H3/t20-,22+,23+,24+,27+,28+,29+,30+;14-,17+,18+,19+,22+,23+,24+,25+/m11/s1. The highest BCUT2D eigenvalue weighted by Gasteiger charge is 2.77. The molecule has 400 valence electrons. The van der Waals surface area contributed by atoms with Crippen LogP contribution >= 0.6 is 0 Å². The zero-order valence-corrected chi connectivity index (χ0v) is 43.1. The number of ketones is 3. The largest absolute Gasteiger partial charge is 0.508 e. The predicted octanol–water partition coefficient (Wildman–Crippen LogP) is 7.17. The minimum atomic E-state index is -2.03. The van der Waals surface area contributed by atoms with Crippen molar-refractivity contribution in [2.45, 2.75) is 142 Å². The Labute approximate surface area is 421 Å². The van der Waals surface area contributed by atoms with E-state index in [0.29, 0.717) is 63.9 Å². The molecule has 8 rings (SSSR count). The third-order valence-corrected chi connectivity index (χ3v) is 19.3. The van der Waals surface area contributed by atoms with Crippen molar-refractivity contribution in [3.63, 3.8) is 0 Å². The molecule has 17 heteroatoms. The van der Waals surface area contributed by atoms with E-state index < -0.39 is 117 Å². The van der Waals surface area contributed by atoms with Crippen molar-refractivity contribution >= 4 is 29.7 Å². The van der Waals surface area contributed by atoms with E-state index in [4.69, 9.17) is 28.4 Å². The molecule has 6 saturated carbocycles. The minimum Gasteiger partial charge on any atom is -0.435 e. The van der Waals surface area contributed by atoms with Gasteiger partial charge in [-0.2, -0.15) is 0 Å². The topological polar surface area (TPSA) is 222 Å². The Morgan fingerprint density at radius 1 is 0.639 bits per heavy atom. The van der Waals surface area contributed by atoms with Crippen molar-refractivity contribution in [2.75, 3.05) is 52.9 Å². The molecule has 0 spiro atoms. The molecule has 6 fully saturated rings. The fraction of sp³-hybridized carbons (Fsp3) is 0.727. The lowest BCUT2D eigenvalue weighted by molar-refractivity contribution is -0.219. The first-order valence-corrected chi connectivity index (χ1v) is 25.8. The van der Waals surface area contributed by atoms with Gasteiger partial charge in [-0.3, -0.25) is 14.4 Å². The zero-order valence-electron chi connectivity index (χ0n) is 43.1. The maximum Gasteiger partial charge on any atom is 0.508 e. The van der Waals surface area contributed by atoms with E-state index in [1.165, 1.54) is 12.2 Å². The number of hydrogen-bond acceptors (Lipinski definition) is 15. The van der Waals surface area contributed by atoms with Crippen LogP contribution in [0.3, 0.4) is 0 Å². The summed E-state index contributed by atoms with van der Waals surface area (Å²) in [5, 5.41) is 46.4. The normalized spacial score (nSPS) is 43.2. The Morgan fingerprint density at radius 3 is 1.57 bits per heavy atom. The van der Waals surface area contributed by atoms with Crippen molar-refractivity contribution in [2.24, 2.45) is 57.2 Å². The van der Waals surface area contributed by atoms with E-state index in [0.717, 1.165) is 11.1 Å². The second kappa shape index (κ2) is 20.2. The van der Waals surface area contributed by atoms with Gasteiger partial charge in [0.2, 0.25) is 11.6 Å². The van der Waals surface area contributed by atoms with Gasteiger partial charge in [-0.05, 0) is 120 Å². The summed E-state index contributed by atoms with van der Waals surface area (Å²) in [4.78, 5) is 62.2. The van der Waals surface area contributed by atoms with E-state index in [9.17, 15) is 44.4 Å². The number of carbonyl (C=O) groups is 5. The molecule has 15 nitrogen and oxygen atoms in total. The highest BCUT2D eigenvalue weighted by molar-refractivity contribution is 6.01. The van der Waals surface area contributed by atoms with Gasteiger partial charge in [0.15, 0.2) is 30.3 Å². The summed E-state index contributed by atoms with van der Waals surface area (Å²) >= 11 is 0. The van der Waals surface area contributed by atoms with Crippen LogP contribution in [0.25, 0.3) is 0 Å². The van der Waals surface area contributed by atoms with Gasteiger partial charge in [0.1, 0.15) is 17.8 Å². The number of allylic oxidation sites excluding steroid dienone is 9. The van der Waals surface area contributed by atoms with Gasteiger partial charge in [-0.25, -0.2) is 18.4 Å². The maximum absolute atomic E-state index is 17.3. The molecule has 16 atom stereocenters. The van der Waals surface area contributed by atoms with Crippen molar-refractivity contribution in [1.29, 1.82) is 0 Å². The number of halogens is 2.